The molecule has 0 spiro atoms. The lowest BCUT2D eigenvalue weighted by Gasteiger charge is -2.07. The Labute approximate surface area is 64.8 Å². The predicted molar refractivity (Wildman–Crippen MR) is 41.5 cm³/mol. The van der Waals surface area contributed by atoms with Crippen molar-refractivity contribution in [2.45, 2.75) is 19.6 Å². The van der Waals surface area contributed by atoms with Gasteiger partial charge in [-0.2, -0.15) is 0 Å². The van der Waals surface area contributed by atoms with Crippen molar-refractivity contribution in [3.05, 3.63) is 22.9 Å². The van der Waals surface area contributed by atoms with Gasteiger partial charge in [-0.25, -0.2) is 4.79 Å². The summed E-state index contributed by atoms with van der Waals surface area (Å²) in [5, 5.41) is 0. The molecule has 1 heterocycles. The third kappa shape index (κ3) is 1.94. The van der Waals surface area contributed by atoms with E-state index in [1.807, 2.05) is 6.92 Å². The summed E-state index contributed by atoms with van der Waals surface area (Å²) in [5.74, 6) is 0. The molecule has 1 atom stereocenters. The molecular weight excluding hydrogens is 144 g/mol. The van der Waals surface area contributed by atoms with E-state index in [1.165, 1.54) is 0 Å². The molecule has 0 saturated carbocycles. The van der Waals surface area contributed by atoms with Gasteiger partial charge in [0.25, 0.3) is 0 Å². The third-order valence-electron chi connectivity index (χ3n) is 1.58. The van der Waals surface area contributed by atoms with Crippen LogP contribution in [-0.4, -0.2) is 22.8 Å². The maximum atomic E-state index is 10.9. The van der Waals surface area contributed by atoms with Crippen LogP contribution in [0.25, 0.3) is 0 Å². The molecule has 62 valence electrons. The number of aromatic amines is 1. The number of ether oxygens (including phenoxy) is 1. The molecule has 0 saturated heterocycles. The van der Waals surface area contributed by atoms with Crippen LogP contribution >= 0.6 is 0 Å². The van der Waals surface area contributed by atoms with Gasteiger partial charge in [0, 0.05) is 19.5 Å². The molecule has 0 bridgehead atoms. The summed E-state index contributed by atoms with van der Waals surface area (Å²) in [6, 6.07) is 0. The number of methoxy groups -OCH3 is 1. The molecular formula is C7H12N2O2. The zero-order valence-corrected chi connectivity index (χ0v) is 6.70. The lowest BCUT2D eigenvalue weighted by atomic mass is 10.4. The van der Waals surface area contributed by atoms with Gasteiger partial charge in [-0.05, 0) is 6.92 Å². The first kappa shape index (κ1) is 8.07. The first-order chi connectivity index (χ1) is 5.24. The van der Waals surface area contributed by atoms with E-state index in [2.05, 4.69) is 4.98 Å². The van der Waals surface area contributed by atoms with Crippen molar-refractivity contribution >= 4 is 0 Å². The predicted octanol–water partition coefficient (Wildman–Crippen LogP) is 0.211. The van der Waals surface area contributed by atoms with Crippen molar-refractivity contribution in [2.75, 3.05) is 7.11 Å². The van der Waals surface area contributed by atoms with Gasteiger partial charge in [-0.15, -0.1) is 0 Å². The Bertz CT molecular complexity index is 263. The van der Waals surface area contributed by atoms with Crippen LogP contribution in [0.15, 0.2) is 17.2 Å². The molecule has 1 aromatic heterocycles. The molecule has 0 aliphatic carbocycles. The monoisotopic (exact) mass is 156 g/mol. The van der Waals surface area contributed by atoms with E-state index in [4.69, 9.17) is 4.74 Å². The summed E-state index contributed by atoms with van der Waals surface area (Å²) in [6.07, 6.45) is 3.39. The largest absolute Gasteiger partial charge is 0.380 e. The van der Waals surface area contributed by atoms with Crippen LogP contribution in [0.4, 0.5) is 0 Å². The first-order valence-electron chi connectivity index (χ1n) is 3.50. The molecule has 1 N–H and O–H groups in total. The van der Waals surface area contributed by atoms with Gasteiger partial charge >= 0.3 is 5.69 Å². The number of H-pyrrole nitrogens is 1. The molecule has 0 amide bonds. The molecule has 0 aliphatic rings. The van der Waals surface area contributed by atoms with Crippen molar-refractivity contribution < 1.29 is 4.74 Å². The minimum absolute atomic E-state index is 0.0727. The average Bonchev–Trinajstić information content (AvgIpc) is 2.37. The van der Waals surface area contributed by atoms with Crippen LogP contribution in [0, 0.1) is 0 Å². The first-order valence-corrected chi connectivity index (χ1v) is 3.50. The van der Waals surface area contributed by atoms with E-state index >= 15 is 0 Å². The fourth-order valence-corrected chi connectivity index (χ4v) is 0.844. The summed E-state index contributed by atoms with van der Waals surface area (Å²) in [4.78, 5) is 13.5. The maximum absolute atomic E-state index is 10.9. The van der Waals surface area contributed by atoms with Crippen molar-refractivity contribution in [3.8, 4) is 0 Å². The van der Waals surface area contributed by atoms with Crippen molar-refractivity contribution in [3.63, 3.8) is 0 Å². The van der Waals surface area contributed by atoms with Crippen molar-refractivity contribution in [2.24, 2.45) is 0 Å². The lowest BCUT2D eigenvalue weighted by molar-refractivity contribution is 0.102. The number of hydrogen-bond acceptors (Lipinski definition) is 2. The molecule has 0 aromatic carbocycles. The Kier molecular flexibility index (Phi) is 2.48. The molecule has 0 aliphatic heterocycles. The second kappa shape index (κ2) is 3.39. The Morgan fingerprint density at radius 2 is 2.55 bits per heavy atom. The van der Waals surface area contributed by atoms with E-state index in [1.54, 1.807) is 24.1 Å². The zero-order chi connectivity index (χ0) is 8.27. The Hall–Kier alpha value is -1.03. The second-order valence-corrected chi connectivity index (χ2v) is 2.46. The molecule has 0 fully saturated rings. The highest BCUT2D eigenvalue weighted by Gasteiger charge is 2.01. The second-order valence-electron chi connectivity index (χ2n) is 2.46. The molecule has 1 rings (SSSR count). The van der Waals surface area contributed by atoms with Gasteiger partial charge in [-0.3, -0.25) is 4.57 Å². The van der Waals surface area contributed by atoms with Crippen molar-refractivity contribution in [1.29, 1.82) is 0 Å². The van der Waals surface area contributed by atoms with Crippen LogP contribution in [0.1, 0.15) is 6.92 Å². The van der Waals surface area contributed by atoms with Gasteiger partial charge in [0.05, 0.1) is 12.6 Å². The number of nitrogens with one attached hydrogen (secondary N) is 1. The molecule has 1 unspecified atom stereocenters. The summed E-state index contributed by atoms with van der Waals surface area (Å²) >= 11 is 0. The number of aromatic nitrogens is 2. The van der Waals surface area contributed by atoms with Crippen LogP contribution in [-0.2, 0) is 11.3 Å². The average molecular weight is 156 g/mol. The van der Waals surface area contributed by atoms with Gasteiger partial charge in [0.15, 0.2) is 0 Å². The highest BCUT2D eigenvalue weighted by atomic mass is 16.5. The fourth-order valence-electron chi connectivity index (χ4n) is 0.844. The minimum Gasteiger partial charge on any atom is -0.380 e. The third-order valence-corrected chi connectivity index (χ3v) is 1.58. The maximum Gasteiger partial charge on any atom is 0.325 e. The van der Waals surface area contributed by atoms with E-state index in [9.17, 15) is 4.79 Å². The normalized spacial score (nSPS) is 13.3. The van der Waals surface area contributed by atoms with Crippen molar-refractivity contribution in [1.82, 2.24) is 9.55 Å². The summed E-state index contributed by atoms with van der Waals surface area (Å²) < 4.78 is 6.58. The fraction of sp³-hybridized carbons (Fsp3) is 0.571. The summed E-state index contributed by atoms with van der Waals surface area (Å²) in [5.41, 5.74) is -0.0890. The highest BCUT2D eigenvalue weighted by molar-refractivity contribution is 4.76. The number of hydrogen-bond donors (Lipinski definition) is 1. The van der Waals surface area contributed by atoms with Gasteiger partial charge in [-0.1, -0.05) is 0 Å². The Balaban J connectivity index is 2.64. The Morgan fingerprint density at radius 1 is 1.82 bits per heavy atom. The van der Waals surface area contributed by atoms with Crippen LogP contribution in [0.2, 0.25) is 0 Å². The standard InChI is InChI=1S/C7H12N2O2/c1-6(11-2)5-9-4-3-8-7(9)10/h3-4,6H,5H2,1-2H3,(H,8,10). The summed E-state index contributed by atoms with van der Waals surface area (Å²) in [6.45, 7) is 2.51. The molecule has 1 aromatic rings. The SMILES string of the molecule is COC(C)Cn1cc[nH]c1=O. The molecule has 0 radical (unpaired) electrons. The molecule has 4 nitrogen and oxygen atoms in total. The van der Waals surface area contributed by atoms with Gasteiger partial charge < -0.3 is 9.72 Å². The zero-order valence-electron chi connectivity index (χ0n) is 6.70. The lowest BCUT2D eigenvalue weighted by Crippen LogP contribution is -2.23. The van der Waals surface area contributed by atoms with E-state index in [0.717, 1.165) is 0 Å². The minimum atomic E-state index is -0.0890. The quantitative estimate of drug-likeness (QED) is 0.680. The highest BCUT2D eigenvalue weighted by Crippen LogP contribution is 1.90. The smallest absolute Gasteiger partial charge is 0.325 e. The van der Waals surface area contributed by atoms with E-state index < -0.39 is 0 Å². The van der Waals surface area contributed by atoms with E-state index in [0.29, 0.717) is 6.54 Å². The van der Waals surface area contributed by atoms with Gasteiger partial charge in [0.1, 0.15) is 0 Å². The molecule has 11 heavy (non-hydrogen) atoms. The number of nitrogens with zero attached hydrogens (tertiary/aromatic N) is 1. The van der Waals surface area contributed by atoms with Crippen LogP contribution in [0.3, 0.4) is 0 Å². The van der Waals surface area contributed by atoms with Crippen LogP contribution < -0.4 is 5.69 Å². The number of imidazole rings is 1. The summed E-state index contributed by atoms with van der Waals surface area (Å²) in [7, 11) is 1.63. The number of rotatable bonds is 3. The Morgan fingerprint density at radius 3 is 3.00 bits per heavy atom. The molecule has 4 heteroatoms. The topological polar surface area (TPSA) is 47.0 Å². The van der Waals surface area contributed by atoms with Gasteiger partial charge in [0.2, 0.25) is 0 Å². The van der Waals surface area contributed by atoms with E-state index in [-0.39, 0.29) is 11.8 Å². The van der Waals surface area contributed by atoms with Crippen LogP contribution in [0.5, 0.6) is 0 Å².